The molecule has 0 bridgehead atoms. The van der Waals surface area contributed by atoms with Gasteiger partial charge in [-0.05, 0) is 25.0 Å². The van der Waals surface area contributed by atoms with Gasteiger partial charge < -0.3 is 10.6 Å². The minimum atomic E-state index is -0.0138. The summed E-state index contributed by atoms with van der Waals surface area (Å²) in [5.74, 6) is -0.0138. The van der Waals surface area contributed by atoms with Crippen molar-refractivity contribution in [3.63, 3.8) is 0 Å². The molecule has 0 unspecified atom stereocenters. The van der Waals surface area contributed by atoms with Crippen molar-refractivity contribution < 1.29 is 4.79 Å². The van der Waals surface area contributed by atoms with Crippen LogP contribution in [0.3, 0.4) is 0 Å². The van der Waals surface area contributed by atoms with E-state index in [0.717, 1.165) is 16.6 Å². The molecule has 1 fully saturated rings. The second-order valence-electron chi connectivity index (χ2n) is 4.58. The van der Waals surface area contributed by atoms with Crippen molar-refractivity contribution in [3.8, 4) is 0 Å². The smallest absolute Gasteiger partial charge is 0.238 e. The van der Waals surface area contributed by atoms with Crippen molar-refractivity contribution >= 4 is 22.5 Å². The van der Waals surface area contributed by atoms with Crippen molar-refractivity contribution in [2.24, 2.45) is 0 Å². The summed E-state index contributed by atoms with van der Waals surface area (Å²) in [7, 11) is 0. The third-order valence-corrected chi connectivity index (χ3v) is 3.04. The first kappa shape index (κ1) is 11.2. The van der Waals surface area contributed by atoms with E-state index >= 15 is 0 Å². The second kappa shape index (κ2) is 4.74. The van der Waals surface area contributed by atoms with Gasteiger partial charge >= 0.3 is 0 Å². The maximum absolute atomic E-state index is 11.8. The Kier molecular flexibility index (Phi) is 2.94. The molecule has 92 valence electrons. The maximum Gasteiger partial charge on any atom is 0.238 e. The number of para-hydroxylation sites is 1. The third-order valence-electron chi connectivity index (χ3n) is 3.04. The van der Waals surface area contributed by atoms with Crippen molar-refractivity contribution in [2.75, 3.05) is 11.9 Å². The molecule has 18 heavy (non-hydrogen) atoms. The molecule has 1 heterocycles. The first-order valence-corrected chi connectivity index (χ1v) is 6.20. The van der Waals surface area contributed by atoms with E-state index in [1.807, 2.05) is 30.3 Å². The van der Waals surface area contributed by atoms with Crippen LogP contribution >= 0.6 is 0 Å². The number of hydrogen-bond acceptors (Lipinski definition) is 3. The summed E-state index contributed by atoms with van der Waals surface area (Å²) in [5.41, 5.74) is 1.61. The number of amides is 1. The number of rotatable bonds is 4. The Morgan fingerprint density at radius 1 is 1.28 bits per heavy atom. The molecule has 1 aliphatic rings. The highest BCUT2D eigenvalue weighted by atomic mass is 16.1. The highest BCUT2D eigenvalue weighted by Gasteiger charge is 2.21. The van der Waals surface area contributed by atoms with Gasteiger partial charge in [0.1, 0.15) is 0 Å². The van der Waals surface area contributed by atoms with Gasteiger partial charge in [-0.3, -0.25) is 9.78 Å². The molecule has 2 aromatic rings. The number of hydrogen-bond donors (Lipinski definition) is 2. The number of aromatic nitrogens is 1. The number of nitrogens with zero attached hydrogens (tertiary/aromatic N) is 1. The van der Waals surface area contributed by atoms with Crippen LogP contribution in [0, 0.1) is 0 Å². The predicted molar refractivity (Wildman–Crippen MR) is 71.4 cm³/mol. The number of carbonyl (C=O) groups is 1. The van der Waals surface area contributed by atoms with Crippen LogP contribution in [0.25, 0.3) is 10.9 Å². The van der Waals surface area contributed by atoms with E-state index in [0.29, 0.717) is 12.6 Å². The van der Waals surface area contributed by atoms with E-state index < -0.39 is 0 Å². The summed E-state index contributed by atoms with van der Waals surface area (Å²) >= 11 is 0. The van der Waals surface area contributed by atoms with E-state index in [2.05, 4.69) is 15.6 Å². The molecule has 4 nitrogen and oxygen atoms in total. The summed E-state index contributed by atoms with van der Waals surface area (Å²) < 4.78 is 0. The van der Waals surface area contributed by atoms with E-state index in [9.17, 15) is 4.79 Å². The quantitative estimate of drug-likeness (QED) is 0.860. The van der Waals surface area contributed by atoms with Gasteiger partial charge in [-0.25, -0.2) is 0 Å². The van der Waals surface area contributed by atoms with Gasteiger partial charge in [-0.2, -0.15) is 0 Å². The summed E-state index contributed by atoms with van der Waals surface area (Å²) in [6.07, 6.45) is 4.10. The van der Waals surface area contributed by atoms with Gasteiger partial charge in [0.05, 0.1) is 17.7 Å². The van der Waals surface area contributed by atoms with Crippen molar-refractivity contribution in [2.45, 2.75) is 18.9 Å². The molecule has 1 amide bonds. The van der Waals surface area contributed by atoms with E-state index in [1.54, 1.807) is 6.20 Å². The Balaban J connectivity index is 1.74. The van der Waals surface area contributed by atoms with Crippen LogP contribution in [0.5, 0.6) is 0 Å². The van der Waals surface area contributed by atoms with Gasteiger partial charge in [0.25, 0.3) is 0 Å². The summed E-state index contributed by atoms with van der Waals surface area (Å²) in [5, 5.41) is 7.13. The second-order valence-corrected chi connectivity index (χ2v) is 4.58. The summed E-state index contributed by atoms with van der Waals surface area (Å²) in [6.45, 7) is 0.369. The Morgan fingerprint density at radius 3 is 2.94 bits per heavy atom. The molecule has 0 aliphatic heterocycles. The SMILES string of the molecule is O=C(CNC1CC1)Nc1cccc2cccnc12. The number of anilines is 1. The van der Waals surface area contributed by atoms with Gasteiger partial charge in [0, 0.05) is 17.6 Å². The fraction of sp³-hybridized carbons (Fsp3) is 0.286. The van der Waals surface area contributed by atoms with Crippen LogP contribution < -0.4 is 10.6 Å². The van der Waals surface area contributed by atoms with Crippen molar-refractivity contribution in [1.82, 2.24) is 10.3 Å². The van der Waals surface area contributed by atoms with Gasteiger partial charge in [0.2, 0.25) is 5.91 Å². The lowest BCUT2D eigenvalue weighted by molar-refractivity contribution is -0.115. The molecular formula is C14H15N3O. The minimum Gasteiger partial charge on any atom is -0.323 e. The third kappa shape index (κ3) is 2.49. The van der Waals surface area contributed by atoms with Crippen LogP contribution in [0.2, 0.25) is 0 Å². The Labute approximate surface area is 105 Å². The number of benzene rings is 1. The number of carbonyl (C=O) groups excluding carboxylic acids is 1. The topological polar surface area (TPSA) is 54.0 Å². The molecule has 1 aliphatic carbocycles. The predicted octanol–water partition coefficient (Wildman–Crippen LogP) is 1.93. The molecule has 4 heteroatoms. The molecule has 0 saturated heterocycles. The molecule has 2 N–H and O–H groups in total. The molecule has 3 rings (SSSR count). The molecule has 1 aromatic carbocycles. The zero-order valence-electron chi connectivity index (χ0n) is 10.0. The first-order valence-electron chi connectivity index (χ1n) is 6.20. The fourth-order valence-corrected chi connectivity index (χ4v) is 1.92. The summed E-state index contributed by atoms with van der Waals surface area (Å²) in [6, 6.07) is 10.2. The lowest BCUT2D eigenvalue weighted by Crippen LogP contribution is -2.29. The van der Waals surface area contributed by atoms with E-state index in [4.69, 9.17) is 0 Å². The fourth-order valence-electron chi connectivity index (χ4n) is 1.92. The lowest BCUT2D eigenvalue weighted by atomic mass is 10.2. The lowest BCUT2D eigenvalue weighted by Gasteiger charge is -2.08. The average Bonchev–Trinajstić information content (AvgIpc) is 3.21. The van der Waals surface area contributed by atoms with Crippen molar-refractivity contribution in [3.05, 3.63) is 36.5 Å². The highest BCUT2D eigenvalue weighted by molar-refractivity contribution is 6.00. The molecule has 1 aromatic heterocycles. The van der Waals surface area contributed by atoms with Gasteiger partial charge in [-0.15, -0.1) is 0 Å². The van der Waals surface area contributed by atoms with Crippen LogP contribution in [0.15, 0.2) is 36.5 Å². The van der Waals surface area contributed by atoms with Crippen LogP contribution in [0.1, 0.15) is 12.8 Å². The zero-order chi connectivity index (χ0) is 12.4. The van der Waals surface area contributed by atoms with E-state index in [1.165, 1.54) is 12.8 Å². The van der Waals surface area contributed by atoms with Gasteiger partial charge in [-0.1, -0.05) is 18.2 Å². The number of pyridine rings is 1. The van der Waals surface area contributed by atoms with Crippen LogP contribution in [0.4, 0.5) is 5.69 Å². The largest absolute Gasteiger partial charge is 0.323 e. The first-order chi connectivity index (χ1) is 8.83. The standard InChI is InChI=1S/C14H15N3O/c18-13(9-16-11-6-7-11)17-12-5-1-3-10-4-2-8-15-14(10)12/h1-5,8,11,16H,6-7,9H2,(H,17,18). The van der Waals surface area contributed by atoms with Crippen molar-refractivity contribution in [1.29, 1.82) is 0 Å². The highest BCUT2D eigenvalue weighted by Crippen LogP contribution is 2.21. The molecule has 0 radical (unpaired) electrons. The Hall–Kier alpha value is -1.94. The van der Waals surface area contributed by atoms with Crippen LogP contribution in [-0.2, 0) is 4.79 Å². The average molecular weight is 241 g/mol. The molecule has 1 saturated carbocycles. The molecule has 0 spiro atoms. The zero-order valence-corrected chi connectivity index (χ0v) is 10.0. The maximum atomic E-state index is 11.8. The number of nitrogens with one attached hydrogen (secondary N) is 2. The normalized spacial score (nSPS) is 14.7. The monoisotopic (exact) mass is 241 g/mol. The van der Waals surface area contributed by atoms with E-state index in [-0.39, 0.29) is 5.91 Å². The van der Waals surface area contributed by atoms with Gasteiger partial charge in [0.15, 0.2) is 0 Å². The Morgan fingerprint density at radius 2 is 2.11 bits per heavy atom. The Bertz CT molecular complexity index is 573. The number of fused-ring (bicyclic) bond motifs is 1. The molecular weight excluding hydrogens is 226 g/mol. The summed E-state index contributed by atoms with van der Waals surface area (Å²) in [4.78, 5) is 16.1. The minimum absolute atomic E-state index is 0.0138. The molecule has 0 atom stereocenters. The van der Waals surface area contributed by atoms with Crippen LogP contribution in [-0.4, -0.2) is 23.5 Å².